The predicted octanol–water partition coefficient (Wildman–Crippen LogP) is 2.67. The van der Waals surface area contributed by atoms with Crippen molar-refractivity contribution >= 4 is 23.3 Å². The zero-order chi connectivity index (χ0) is 14.8. The zero-order valence-corrected chi connectivity index (χ0v) is 12.3. The monoisotopic (exact) mass is 302 g/mol. The first kappa shape index (κ1) is 13.8. The molecule has 1 aromatic heterocycles. The van der Waals surface area contributed by atoms with Gasteiger partial charge in [0.1, 0.15) is 5.03 Å². The predicted molar refractivity (Wildman–Crippen MR) is 81.7 cm³/mol. The number of nitro benzene ring substituents is 1. The number of hydrogen-bond donors (Lipinski definition) is 0. The van der Waals surface area contributed by atoms with Gasteiger partial charge in [0.2, 0.25) is 0 Å². The summed E-state index contributed by atoms with van der Waals surface area (Å²) in [7, 11) is 0. The SMILES string of the molecule is CSc1ccc(N2CCc3ccc([N+](=O)[O-])cc3C2)nn1. The number of non-ortho nitro benzene ring substituents is 1. The molecule has 0 aliphatic carbocycles. The van der Waals surface area contributed by atoms with Crippen LogP contribution in [0.3, 0.4) is 0 Å². The van der Waals surface area contributed by atoms with Crippen LogP contribution in [0.4, 0.5) is 11.5 Å². The Hall–Kier alpha value is -2.15. The van der Waals surface area contributed by atoms with Crippen LogP contribution in [0, 0.1) is 10.1 Å². The maximum absolute atomic E-state index is 10.9. The minimum absolute atomic E-state index is 0.138. The summed E-state index contributed by atoms with van der Waals surface area (Å²) < 4.78 is 0. The molecule has 2 aromatic rings. The molecule has 0 unspecified atom stereocenters. The second-order valence-electron chi connectivity index (χ2n) is 4.82. The highest BCUT2D eigenvalue weighted by Gasteiger charge is 2.20. The third-order valence-corrected chi connectivity index (χ3v) is 4.21. The van der Waals surface area contributed by atoms with Gasteiger partial charge in [-0.2, -0.15) is 0 Å². The topological polar surface area (TPSA) is 72.2 Å². The first-order valence-electron chi connectivity index (χ1n) is 6.56. The van der Waals surface area contributed by atoms with Crippen LogP contribution in [-0.2, 0) is 13.0 Å². The average molecular weight is 302 g/mol. The van der Waals surface area contributed by atoms with Gasteiger partial charge in [-0.1, -0.05) is 6.07 Å². The maximum atomic E-state index is 10.9. The third-order valence-electron chi connectivity index (χ3n) is 3.57. The van der Waals surface area contributed by atoms with Gasteiger partial charge in [-0.25, -0.2) is 0 Å². The van der Waals surface area contributed by atoms with E-state index in [-0.39, 0.29) is 10.6 Å². The fourth-order valence-corrected chi connectivity index (χ4v) is 2.77. The molecule has 1 aliphatic heterocycles. The van der Waals surface area contributed by atoms with Crippen LogP contribution in [0.5, 0.6) is 0 Å². The van der Waals surface area contributed by atoms with E-state index < -0.39 is 0 Å². The molecule has 0 atom stereocenters. The Morgan fingerprint density at radius 3 is 2.76 bits per heavy atom. The molecule has 1 aromatic carbocycles. The molecule has 1 aliphatic rings. The Kier molecular flexibility index (Phi) is 3.74. The van der Waals surface area contributed by atoms with Gasteiger partial charge in [-0.3, -0.25) is 10.1 Å². The quantitative estimate of drug-likeness (QED) is 0.493. The number of hydrogen-bond acceptors (Lipinski definition) is 6. The van der Waals surface area contributed by atoms with E-state index in [1.54, 1.807) is 23.9 Å². The fraction of sp³-hybridized carbons (Fsp3) is 0.286. The average Bonchev–Trinajstić information content (AvgIpc) is 2.54. The standard InChI is InChI=1S/C14H14N4O2S/c1-21-14-5-4-13(15-16-14)17-7-6-10-2-3-12(18(19)20)8-11(10)9-17/h2-5,8H,6-7,9H2,1H3. The lowest BCUT2D eigenvalue weighted by atomic mass is 9.99. The molecule has 0 N–H and O–H groups in total. The normalized spacial score (nSPS) is 13.9. The lowest BCUT2D eigenvalue weighted by molar-refractivity contribution is -0.384. The fourth-order valence-electron chi connectivity index (χ4n) is 2.44. The molecule has 0 saturated heterocycles. The number of fused-ring (bicyclic) bond motifs is 1. The Balaban J connectivity index is 1.85. The molecular formula is C14H14N4O2S. The largest absolute Gasteiger partial charge is 0.350 e. The molecule has 3 rings (SSSR count). The van der Waals surface area contributed by atoms with Crippen LogP contribution in [0.15, 0.2) is 35.4 Å². The minimum Gasteiger partial charge on any atom is -0.350 e. The third kappa shape index (κ3) is 2.82. The summed E-state index contributed by atoms with van der Waals surface area (Å²) in [6.45, 7) is 1.47. The smallest absolute Gasteiger partial charge is 0.269 e. The number of nitrogens with zero attached hydrogens (tertiary/aromatic N) is 4. The Bertz CT molecular complexity index is 675. The van der Waals surface area contributed by atoms with Crippen LogP contribution < -0.4 is 4.90 Å². The zero-order valence-electron chi connectivity index (χ0n) is 11.5. The molecule has 0 spiro atoms. The molecule has 0 radical (unpaired) electrons. The maximum Gasteiger partial charge on any atom is 0.269 e. The highest BCUT2D eigenvalue weighted by atomic mass is 32.2. The van der Waals surface area contributed by atoms with E-state index in [0.717, 1.165) is 29.4 Å². The van der Waals surface area contributed by atoms with E-state index in [4.69, 9.17) is 0 Å². The summed E-state index contributed by atoms with van der Waals surface area (Å²) >= 11 is 1.55. The number of benzene rings is 1. The first-order valence-corrected chi connectivity index (χ1v) is 7.78. The molecule has 108 valence electrons. The van der Waals surface area contributed by atoms with Crippen LogP contribution in [0.25, 0.3) is 0 Å². The van der Waals surface area contributed by atoms with Crippen LogP contribution in [0.2, 0.25) is 0 Å². The van der Waals surface area contributed by atoms with Gasteiger partial charge in [-0.05, 0) is 35.9 Å². The summed E-state index contributed by atoms with van der Waals surface area (Å²) in [5, 5.41) is 20.1. The second kappa shape index (κ2) is 5.69. The Labute approximate surface area is 126 Å². The lowest BCUT2D eigenvalue weighted by Gasteiger charge is -2.29. The number of thioether (sulfide) groups is 1. The van der Waals surface area contributed by atoms with Crippen molar-refractivity contribution in [2.75, 3.05) is 17.7 Å². The number of aromatic nitrogens is 2. The van der Waals surface area contributed by atoms with Crippen LogP contribution in [-0.4, -0.2) is 27.9 Å². The summed E-state index contributed by atoms with van der Waals surface area (Å²) in [6, 6.07) is 8.97. The van der Waals surface area contributed by atoms with Crippen molar-refractivity contribution in [3.8, 4) is 0 Å². The van der Waals surface area contributed by atoms with E-state index in [0.29, 0.717) is 6.54 Å². The van der Waals surface area contributed by atoms with Crippen molar-refractivity contribution in [3.05, 3.63) is 51.6 Å². The summed E-state index contributed by atoms with van der Waals surface area (Å²) in [6.07, 6.45) is 2.82. The highest BCUT2D eigenvalue weighted by Crippen LogP contribution is 2.26. The van der Waals surface area contributed by atoms with Gasteiger partial charge in [-0.15, -0.1) is 22.0 Å². The van der Waals surface area contributed by atoms with Crippen LogP contribution in [0.1, 0.15) is 11.1 Å². The number of rotatable bonds is 3. The molecule has 7 heteroatoms. The number of nitro groups is 1. The molecule has 0 bridgehead atoms. The van der Waals surface area contributed by atoms with Gasteiger partial charge in [0.05, 0.1) is 4.92 Å². The van der Waals surface area contributed by atoms with Crippen molar-refractivity contribution in [3.63, 3.8) is 0 Å². The van der Waals surface area contributed by atoms with Crippen molar-refractivity contribution < 1.29 is 4.92 Å². The molecule has 2 heterocycles. The lowest BCUT2D eigenvalue weighted by Crippen LogP contribution is -2.31. The van der Waals surface area contributed by atoms with Crippen molar-refractivity contribution in [2.24, 2.45) is 0 Å². The first-order chi connectivity index (χ1) is 10.2. The molecule has 0 saturated carbocycles. The molecule has 0 amide bonds. The van der Waals surface area contributed by atoms with E-state index >= 15 is 0 Å². The van der Waals surface area contributed by atoms with Crippen molar-refractivity contribution in [1.82, 2.24) is 10.2 Å². The second-order valence-corrected chi connectivity index (χ2v) is 5.64. The van der Waals surface area contributed by atoms with E-state index in [9.17, 15) is 10.1 Å². The van der Waals surface area contributed by atoms with Gasteiger partial charge in [0.25, 0.3) is 5.69 Å². The number of anilines is 1. The van der Waals surface area contributed by atoms with E-state index in [1.807, 2.05) is 24.5 Å². The molecule has 21 heavy (non-hydrogen) atoms. The van der Waals surface area contributed by atoms with Gasteiger partial charge < -0.3 is 4.90 Å². The van der Waals surface area contributed by atoms with Crippen molar-refractivity contribution in [2.45, 2.75) is 18.0 Å². The Morgan fingerprint density at radius 2 is 2.10 bits per heavy atom. The summed E-state index contributed by atoms with van der Waals surface area (Å²) in [5.74, 6) is 0.810. The highest BCUT2D eigenvalue weighted by molar-refractivity contribution is 7.98. The molecule has 6 nitrogen and oxygen atoms in total. The van der Waals surface area contributed by atoms with Gasteiger partial charge in [0, 0.05) is 25.2 Å². The Morgan fingerprint density at radius 1 is 1.24 bits per heavy atom. The minimum atomic E-state index is -0.355. The van der Waals surface area contributed by atoms with Crippen molar-refractivity contribution in [1.29, 1.82) is 0 Å². The molecular weight excluding hydrogens is 288 g/mol. The van der Waals surface area contributed by atoms with Gasteiger partial charge >= 0.3 is 0 Å². The molecule has 0 fully saturated rings. The van der Waals surface area contributed by atoms with E-state index in [2.05, 4.69) is 15.1 Å². The summed E-state index contributed by atoms with van der Waals surface area (Å²) in [5.41, 5.74) is 2.30. The van der Waals surface area contributed by atoms with Crippen LogP contribution >= 0.6 is 11.8 Å². The summed E-state index contributed by atoms with van der Waals surface area (Å²) in [4.78, 5) is 12.6. The van der Waals surface area contributed by atoms with Gasteiger partial charge in [0.15, 0.2) is 5.82 Å². The van der Waals surface area contributed by atoms with E-state index in [1.165, 1.54) is 5.56 Å².